The number of hydrogen-bond donors (Lipinski definition) is 1. The maximum absolute atomic E-state index is 13.5. The third kappa shape index (κ3) is 4.92. The van der Waals surface area contributed by atoms with Crippen molar-refractivity contribution in [1.29, 1.82) is 0 Å². The predicted octanol–water partition coefficient (Wildman–Crippen LogP) is 6.80. The molecule has 0 saturated heterocycles. The Morgan fingerprint density at radius 1 is 1.06 bits per heavy atom. The minimum absolute atomic E-state index is 0.113. The molecule has 0 aliphatic carbocycles. The van der Waals surface area contributed by atoms with E-state index in [0.29, 0.717) is 16.4 Å². The van der Waals surface area contributed by atoms with Crippen molar-refractivity contribution in [1.82, 2.24) is 9.55 Å². The molecule has 0 bridgehead atoms. The Bertz CT molecular complexity index is 1350. The average Bonchev–Trinajstić information content (AvgIpc) is 3.19. The molecule has 0 saturated carbocycles. The van der Waals surface area contributed by atoms with Crippen LogP contribution in [-0.4, -0.2) is 20.6 Å². The lowest BCUT2D eigenvalue weighted by atomic mass is 10.1. The number of carboxylic acids is 1. The minimum atomic E-state index is -4.56. The van der Waals surface area contributed by atoms with Gasteiger partial charge in [0.25, 0.3) is 0 Å². The molecule has 0 spiro atoms. The van der Waals surface area contributed by atoms with Crippen molar-refractivity contribution in [2.75, 3.05) is 0 Å². The van der Waals surface area contributed by atoms with Crippen LogP contribution in [0.25, 0.3) is 17.1 Å². The molecule has 34 heavy (non-hydrogen) atoms. The molecule has 0 unspecified atom stereocenters. The van der Waals surface area contributed by atoms with Gasteiger partial charge in [-0.1, -0.05) is 29.8 Å². The minimum Gasteiger partial charge on any atom is -0.488 e. The lowest BCUT2D eigenvalue weighted by molar-refractivity contribution is -0.137. The summed E-state index contributed by atoms with van der Waals surface area (Å²) in [5.74, 6) is -0.714. The monoisotopic (exact) mass is 486 g/mol. The number of carboxylic acid groups (broad SMARTS) is 1. The molecule has 2 heterocycles. The number of aromatic carboxylic acids is 1. The van der Waals surface area contributed by atoms with Crippen molar-refractivity contribution in [3.8, 4) is 22.8 Å². The highest BCUT2D eigenvalue weighted by Gasteiger charge is 2.32. The van der Waals surface area contributed by atoms with E-state index in [1.165, 1.54) is 18.2 Å². The lowest BCUT2D eigenvalue weighted by Gasteiger charge is -2.17. The van der Waals surface area contributed by atoms with E-state index < -0.39 is 17.7 Å². The smallest absolute Gasteiger partial charge is 0.416 e. The van der Waals surface area contributed by atoms with Crippen molar-refractivity contribution in [2.24, 2.45) is 0 Å². The van der Waals surface area contributed by atoms with E-state index in [1.807, 2.05) is 0 Å². The highest BCUT2D eigenvalue weighted by Crippen LogP contribution is 2.39. The molecule has 0 fully saturated rings. The van der Waals surface area contributed by atoms with Crippen LogP contribution in [0.5, 0.6) is 5.75 Å². The van der Waals surface area contributed by atoms with Gasteiger partial charge in [0.2, 0.25) is 0 Å². The Hall–Kier alpha value is -3.78. The summed E-state index contributed by atoms with van der Waals surface area (Å²) >= 11 is 5.91. The van der Waals surface area contributed by atoms with Crippen LogP contribution in [0.3, 0.4) is 0 Å². The van der Waals surface area contributed by atoms with Gasteiger partial charge in [-0.15, -0.1) is 0 Å². The zero-order valence-corrected chi connectivity index (χ0v) is 18.6. The number of nitrogens with zero attached hydrogens (tertiary/aromatic N) is 2. The van der Waals surface area contributed by atoms with Crippen LogP contribution in [0.2, 0.25) is 5.02 Å². The number of aromatic nitrogens is 2. The second-order valence-electron chi connectivity index (χ2n) is 7.51. The highest BCUT2D eigenvalue weighted by molar-refractivity contribution is 6.30. The molecule has 0 amide bonds. The highest BCUT2D eigenvalue weighted by atomic mass is 35.5. The Morgan fingerprint density at radius 3 is 2.47 bits per heavy atom. The van der Waals surface area contributed by atoms with Crippen LogP contribution in [0.1, 0.15) is 27.3 Å². The van der Waals surface area contributed by atoms with Crippen molar-refractivity contribution < 1.29 is 27.8 Å². The van der Waals surface area contributed by atoms with Crippen LogP contribution < -0.4 is 4.74 Å². The number of carbonyl (C=O) groups is 1. The first-order chi connectivity index (χ1) is 16.1. The molecular formula is C25H18ClF3N2O3. The van der Waals surface area contributed by atoms with Crippen molar-refractivity contribution in [2.45, 2.75) is 19.7 Å². The molecule has 5 nitrogen and oxygen atoms in total. The molecule has 0 radical (unpaired) electrons. The third-order valence-electron chi connectivity index (χ3n) is 5.15. The average molecular weight is 487 g/mol. The lowest BCUT2D eigenvalue weighted by Crippen LogP contribution is -2.09. The normalized spacial score (nSPS) is 11.4. The van der Waals surface area contributed by atoms with E-state index in [1.54, 1.807) is 54.0 Å². The Morgan fingerprint density at radius 2 is 1.79 bits per heavy atom. The summed E-state index contributed by atoms with van der Waals surface area (Å²) in [5.41, 5.74) is 1.01. The number of rotatable bonds is 6. The number of halogens is 4. The van der Waals surface area contributed by atoms with Gasteiger partial charge in [0, 0.05) is 16.3 Å². The van der Waals surface area contributed by atoms with E-state index in [0.717, 1.165) is 17.7 Å². The number of benzene rings is 2. The first-order valence-corrected chi connectivity index (χ1v) is 10.5. The van der Waals surface area contributed by atoms with E-state index in [9.17, 15) is 23.1 Å². The third-order valence-corrected chi connectivity index (χ3v) is 5.40. The van der Waals surface area contributed by atoms with Gasteiger partial charge in [-0.2, -0.15) is 13.2 Å². The fourth-order valence-corrected chi connectivity index (χ4v) is 3.62. The summed E-state index contributed by atoms with van der Waals surface area (Å²) in [6, 6.07) is 18.0. The number of aryl methyl sites for hydroxylation is 1. The zero-order chi connectivity index (χ0) is 24.5. The quantitative estimate of drug-likeness (QED) is 0.325. The van der Waals surface area contributed by atoms with E-state index >= 15 is 0 Å². The number of pyridine rings is 1. The zero-order valence-electron chi connectivity index (χ0n) is 17.8. The van der Waals surface area contributed by atoms with Gasteiger partial charge in [-0.05, 0) is 67.1 Å². The van der Waals surface area contributed by atoms with Gasteiger partial charge in [-0.3, -0.25) is 4.57 Å². The maximum atomic E-state index is 13.5. The molecule has 4 aromatic rings. The molecule has 0 atom stereocenters. The molecular weight excluding hydrogens is 469 g/mol. The van der Waals surface area contributed by atoms with Gasteiger partial charge in [0.15, 0.2) is 5.69 Å². The standard InChI is InChI=1S/C25H18ClF3N2O3/c1-15-5-11-21(31(15)23-4-2-3-20(30-23)24(32)33)19-13-17(25(27,28)29)8-12-22(19)34-14-16-6-9-18(26)10-7-16/h2-13H,14H2,1H3,(H,32,33). The second-order valence-corrected chi connectivity index (χ2v) is 7.94. The van der Waals surface area contributed by atoms with Gasteiger partial charge >= 0.3 is 12.1 Å². The summed E-state index contributed by atoms with van der Waals surface area (Å²) in [7, 11) is 0. The number of hydrogen-bond acceptors (Lipinski definition) is 3. The summed E-state index contributed by atoms with van der Waals surface area (Å²) in [6.07, 6.45) is -4.56. The van der Waals surface area contributed by atoms with Crippen LogP contribution in [0.4, 0.5) is 13.2 Å². The SMILES string of the molecule is Cc1ccc(-c2cc(C(F)(F)F)ccc2OCc2ccc(Cl)cc2)n1-c1cccc(C(=O)O)n1. The molecule has 174 valence electrons. The largest absolute Gasteiger partial charge is 0.488 e. The molecule has 9 heteroatoms. The van der Waals surface area contributed by atoms with Crippen molar-refractivity contribution >= 4 is 17.6 Å². The molecule has 4 rings (SSSR count). The van der Waals surface area contributed by atoms with Crippen LogP contribution in [0, 0.1) is 6.92 Å². The summed E-state index contributed by atoms with van der Waals surface area (Å²) in [6.45, 7) is 1.86. The summed E-state index contributed by atoms with van der Waals surface area (Å²) in [4.78, 5) is 15.5. The predicted molar refractivity (Wildman–Crippen MR) is 121 cm³/mol. The van der Waals surface area contributed by atoms with Crippen molar-refractivity contribution in [3.63, 3.8) is 0 Å². The Kier molecular flexibility index (Phi) is 6.34. The molecule has 0 aliphatic heterocycles. The van der Waals surface area contributed by atoms with E-state index in [-0.39, 0.29) is 29.4 Å². The Balaban J connectivity index is 1.82. The summed E-state index contributed by atoms with van der Waals surface area (Å²) in [5, 5.41) is 9.86. The van der Waals surface area contributed by atoms with E-state index in [4.69, 9.17) is 16.3 Å². The van der Waals surface area contributed by atoms with Gasteiger partial charge in [0.05, 0.1) is 11.3 Å². The van der Waals surface area contributed by atoms with Gasteiger partial charge in [-0.25, -0.2) is 9.78 Å². The molecule has 2 aromatic heterocycles. The fourth-order valence-electron chi connectivity index (χ4n) is 3.49. The summed E-state index contributed by atoms with van der Waals surface area (Å²) < 4.78 is 48.1. The van der Waals surface area contributed by atoms with Crippen molar-refractivity contribution in [3.05, 3.63) is 100 Å². The molecule has 1 N–H and O–H groups in total. The van der Waals surface area contributed by atoms with Crippen LogP contribution in [0.15, 0.2) is 72.8 Å². The molecule has 0 aliphatic rings. The topological polar surface area (TPSA) is 64.3 Å². The number of ether oxygens (including phenoxy) is 1. The maximum Gasteiger partial charge on any atom is 0.416 e. The second kappa shape index (κ2) is 9.23. The first-order valence-electron chi connectivity index (χ1n) is 10.1. The molecule has 2 aromatic carbocycles. The van der Waals surface area contributed by atoms with Crippen LogP contribution >= 0.6 is 11.6 Å². The first kappa shape index (κ1) is 23.4. The van der Waals surface area contributed by atoms with Crippen LogP contribution in [-0.2, 0) is 12.8 Å². The Labute approximate surface area is 198 Å². The van der Waals surface area contributed by atoms with E-state index in [2.05, 4.69) is 4.98 Å². The number of alkyl halides is 3. The van der Waals surface area contributed by atoms with Gasteiger partial charge in [0.1, 0.15) is 18.2 Å². The van der Waals surface area contributed by atoms with Gasteiger partial charge < -0.3 is 9.84 Å². The fraction of sp³-hybridized carbons (Fsp3) is 0.120.